The third kappa shape index (κ3) is 4.39. The van der Waals surface area contributed by atoms with Crippen molar-refractivity contribution in [3.8, 4) is 0 Å². The van der Waals surface area contributed by atoms with Gasteiger partial charge in [0.25, 0.3) is 0 Å². The molecule has 4 nitrogen and oxygen atoms in total. The minimum Gasteiger partial charge on any atom is -0.385 e. The summed E-state index contributed by atoms with van der Waals surface area (Å²) >= 11 is 1.09. The number of ketones is 1. The number of sulfone groups is 1. The zero-order valence-electron chi connectivity index (χ0n) is 16.9. The molecule has 1 aromatic heterocycles. The van der Waals surface area contributed by atoms with Gasteiger partial charge in [0.15, 0.2) is 15.6 Å². The van der Waals surface area contributed by atoms with Crippen molar-refractivity contribution < 1.29 is 18.3 Å². The Bertz CT molecular complexity index is 953. The molecule has 0 atom stereocenters. The molecule has 2 aromatic rings. The van der Waals surface area contributed by atoms with Gasteiger partial charge in [0.05, 0.1) is 5.60 Å². The van der Waals surface area contributed by atoms with Crippen LogP contribution in [0, 0.1) is 0 Å². The summed E-state index contributed by atoms with van der Waals surface area (Å²) in [4.78, 5) is 12.7. The van der Waals surface area contributed by atoms with Crippen LogP contribution in [0.15, 0.2) is 33.9 Å². The van der Waals surface area contributed by atoms with Crippen molar-refractivity contribution in [3.63, 3.8) is 0 Å². The number of aliphatic hydroxyl groups is 1. The van der Waals surface area contributed by atoms with E-state index in [9.17, 15) is 18.3 Å². The first-order valence-corrected chi connectivity index (χ1v) is 12.2. The number of rotatable bonds is 8. The molecule has 0 saturated heterocycles. The molecule has 0 bridgehead atoms. The minimum atomic E-state index is -3.70. The normalized spacial score (nSPS) is 16.0. The Hall–Kier alpha value is -1.50. The van der Waals surface area contributed by atoms with E-state index >= 15 is 0 Å². The van der Waals surface area contributed by atoms with E-state index in [1.54, 1.807) is 5.38 Å². The smallest absolute Gasteiger partial charge is 0.194 e. The summed E-state index contributed by atoms with van der Waals surface area (Å²) in [7, 11) is -3.70. The highest BCUT2D eigenvalue weighted by molar-refractivity contribution is 7.94. The van der Waals surface area contributed by atoms with Crippen LogP contribution < -0.4 is 0 Å². The highest BCUT2D eigenvalue weighted by atomic mass is 32.2. The number of thiophene rings is 1. The topological polar surface area (TPSA) is 71.4 Å². The largest absolute Gasteiger partial charge is 0.385 e. The highest BCUT2D eigenvalue weighted by Crippen LogP contribution is 2.47. The van der Waals surface area contributed by atoms with Gasteiger partial charge in [-0.25, -0.2) is 8.42 Å². The number of hydrogen-bond acceptors (Lipinski definition) is 5. The molecule has 1 N–H and O–H groups in total. The van der Waals surface area contributed by atoms with Crippen LogP contribution in [0.1, 0.15) is 74.6 Å². The van der Waals surface area contributed by atoms with Gasteiger partial charge in [-0.15, -0.1) is 11.3 Å². The Morgan fingerprint density at radius 1 is 1.14 bits per heavy atom. The van der Waals surface area contributed by atoms with E-state index in [2.05, 4.69) is 27.7 Å². The van der Waals surface area contributed by atoms with Crippen molar-refractivity contribution in [1.82, 2.24) is 0 Å². The van der Waals surface area contributed by atoms with Crippen LogP contribution >= 0.6 is 11.3 Å². The molecule has 0 spiro atoms. The molecular weight excluding hydrogens is 392 g/mol. The molecule has 1 aliphatic rings. The molecule has 0 amide bonds. The fourth-order valence-electron chi connectivity index (χ4n) is 3.57. The van der Waals surface area contributed by atoms with Crippen molar-refractivity contribution in [2.75, 3.05) is 5.75 Å². The van der Waals surface area contributed by atoms with Gasteiger partial charge >= 0.3 is 0 Å². The first-order chi connectivity index (χ1) is 13.0. The number of benzene rings is 1. The molecule has 28 heavy (non-hydrogen) atoms. The Kier molecular flexibility index (Phi) is 5.86. The fourth-order valence-corrected chi connectivity index (χ4v) is 6.18. The van der Waals surface area contributed by atoms with Gasteiger partial charge in [0, 0.05) is 6.42 Å². The second-order valence-electron chi connectivity index (χ2n) is 8.38. The second-order valence-corrected chi connectivity index (χ2v) is 11.5. The van der Waals surface area contributed by atoms with Crippen molar-refractivity contribution in [2.24, 2.45) is 0 Å². The lowest BCUT2D eigenvalue weighted by molar-refractivity contribution is -0.116. The predicted octanol–water partition coefficient (Wildman–Crippen LogP) is 4.56. The van der Waals surface area contributed by atoms with Crippen molar-refractivity contribution in [3.05, 3.63) is 51.9 Å². The lowest BCUT2D eigenvalue weighted by Crippen LogP contribution is -2.19. The van der Waals surface area contributed by atoms with E-state index in [0.29, 0.717) is 18.4 Å². The number of carbonyl (C=O) groups is 1. The van der Waals surface area contributed by atoms with Gasteiger partial charge < -0.3 is 5.11 Å². The van der Waals surface area contributed by atoms with Crippen LogP contribution in [-0.4, -0.2) is 25.1 Å². The third-order valence-electron chi connectivity index (χ3n) is 5.36. The van der Waals surface area contributed by atoms with E-state index < -0.39 is 21.2 Å². The van der Waals surface area contributed by atoms with Gasteiger partial charge in [0.1, 0.15) is 9.96 Å². The van der Waals surface area contributed by atoms with E-state index in [4.69, 9.17) is 0 Å². The highest BCUT2D eigenvalue weighted by Gasteiger charge is 2.43. The molecule has 6 heteroatoms. The third-order valence-corrected chi connectivity index (χ3v) is 8.57. The van der Waals surface area contributed by atoms with Crippen LogP contribution in [0.4, 0.5) is 0 Å². The van der Waals surface area contributed by atoms with Crippen molar-refractivity contribution in [2.45, 2.75) is 68.6 Å². The van der Waals surface area contributed by atoms with Gasteiger partial charge in [0.2, 0.25) is 0 Å². The van der Waals surface area contributed by atoms with Crippen molar-refractivity contribution in [1.29, 1.82) is 0 Å². The maximum absolute atomic E-state index is 12.7. The van der Waals surface area contributed by atoms with Crippen LogP contribution in [0.2, 0.25) is 0 Å². The summed E-state index contributed by atoms with van der Waals surface area (Å²) in [5.41, 5.74) is 2.96. The average Bonchev–Trinajstić information content (AvgIpc) is 3.14. The summed E-state index contributed by atoms with van der Waals surface area (Å²) < 4.78 is 25.6. The van der Waals surface area contributed by atoms with Gasteiger partial charge in [-0.1, -0.05) is 45.9 Å². The Labute approximate surface area is 171 Å². The number of Topliss-reactive ketones (excluding diaryl/α,β-unsaturated/α-hetero) is 1. The first-order valence-electron chi connectivity index (χ1n) is 9.71. The Balaban J connectivity index is 1.81. The zero-order valence-corrected chi connectivity index (χ0v) is 18.5. The molecule has 1 fully saturated rings. The summed E-state index contributed by atoms with van der Waals surface area (Å²) in [6.07, 6.45) is 1.45. The summed E-state index contributed by atoms with van der Waals surface area (Å²) in [6, 6.07) is 7.58. The monoisotopic (exact) mass is 420 g/mol. The van der Waals surface area contributed by atoms with Crippen LogP contribution in [0.5, 0.6) is 0 Å². The summed E-state index contributed by atoms with van der Waals surface area (Å²) in [6.45, 7) is 8.33. The fraction of sp³-hybridized carbons (Fsp3) is 0.500. The molecule has 152 valence electrons. The van der Waals surface area contributed by atoms with E-state index in [-0.39, 0.29) is 28.2 Å². The first kappa shape index (κ1) is 21.2. The standard InChI is InChI=1S/C22H28O4S2/c1-14(2)18-6-5-7-19(15(3)4)20(18)11-17(23)13-28(25,26)21-10-16(12-27-21)22(24)8-9-22/h5-7,10,12,14-15,24H,8-9,11,13H2,1-4H3. The zero-order chi connectivity index (χ0) is 20.7. The summed E-state index contributed by atoms with van der Waals surface area (Å²) in [5.74, 6) is -0.278. The van der Waals surface area contributed by atoms with Gasteiger partial charge in [-0.3, -0.25) is 4.79 Å². The van der Waals surface area contributed by atoms with E-state index in [1.165, 1.54) is 6.07 Å². The molecular formula is C22H28O4S2. The van der Waals surface area contributed by atoms with Crippen molar-refractivity contribution >= 4 is 27.0 Å². The molecule has 0 radical (unpaired) electrons. The molecule has 0 aliphatic heterocycles. The quantitative estimate of drug-likeness (QED) is 0.679. The van der Waals surface area contributed by atoms with E-state index in [0.717, 1.165) is 28.0 Å². The molecule has 1 heterocycles. The Morgan fingerprint density at radius 3 is 2.21 bits per heavy atom. The maximum Gasteiger partial charge on any atom is 0.194 e. The number of carbonyl (C=O) groups excluding carboxylic acids is 1. The molecule has 1 saturated carbocycles. The van der Waals surface area contributed by atoms with E-state index in [1.807, 2.05) is 18.2 Å². The average molecular weight is 421 g/mol. The minimum absolute atomic E-state index is 0.128. The Morgan fingerprint density at radius 2 is 1.71 bits per heavy atom. The van der Waals surface area contributed by atoms with Gasteiger partial charge in [-0.05, 0) is 58.4 Å². The van der Waals surface area contributed by atoms with Crippen LogP contribution in [-0.2, 0) is 26.7 Å². The molecule has 1 aromatic carbocycles. The van der Waals surface area contributed by atoms with Gasteiger partial charge in [-0.2, -0.15) is 0 Å². The lowest BCUT2D eigenvalue weighted by Gasteiger charge is -2.19. The SMILES string of the molecule is CC(C)c1cccc(C(C)C)c1CC(=O)CS(=O)(=O)c1cc(C2(O)CC2)cs1. The molecule has 0 unspecified atom stereocenters. The van der Waals surface area contributed by atoms with Crippen LogP contribution in [0.25, 0.3) is 0 Å². The lowest BCUT2D eigenvalue weighted by atomic mass is 9.86. The molecule has 3 rings (SSSR count). The number of hydrogen-bond donors (Lipinski definition) is 1. The second kappa shape index (κ2) is 7.73. The van der Waals surface area contributed by atoms with Crippen LogP contribution in [0.3, 0.4) is 0 Å². The molecule has 1 aliphatic carbocycles. The summed E-state index contributed by atoms with van der Waals surface area (Å²) in [5, 5.41) is 11.9. The maximum atomic E-state index is 12.7. The predicted molar refractivity (Wildman–Crippen MR) is 113 cm³/mol.